The van der Waals surface area contributed by atoms with E-state index in [1.165, 1.54) is 14.2 Å². The van der Waals surface area contributed by atoms with Crippen molar-refractivity contribution in [1.82, 2.24) is 0 Å². The van der Waals surface area contributed by atoms with Gasteiger partial charge in [-0.05, 0) is 6.42 Å². The van der Waals surface area contributed by atoms with E-state index in [9.17, 15) is 9.90 Å². The Morgan fingerprint density at radius 3 is 2.71 bits per heavy atom. The van der Waals surface area contributed by atoms with Gasteiger partial charge in [-0.25, -0.2) is 0 Å². The lowest BCUT2D eigenvalue weighted by atomic mass is 9.85. The maximum Gasteiger partial charge on any atom is 0.311 e. The molecule has 14 heavy (non-hydrogen) atoms. The van der Waals surface area contributed by atoms with Gasteiger partial charge in [0.05, 0.1) is 19.1 Å². The van der Waals surface area contributed by atoms with E-state index < -0.39 is 12.2 Å². The maximum atomic E-state index is 11.3. The minimum absolute atomic E-state index is 0.283. The molecule has 0 saturated carbocycles. The Hall–Kier alpha value is -0.650. The van der Waals surface area contributed by atoms with E-state index in [1.54, 1.807) is 0 Å². The summed E-state index contributed by atoms with van der Waals surface area (Å²) in [6.45, 7) is 0. The van der Waals surface area contributed by atoms with E-state index in [-0.39, 0.29) is 24.1 Å². The van der Waals surface area contributed by atoms with E-state index in [0.717, 1.165) is 0 Å². The van der Waals surface area contributed by atoms with Crippen molar-refractivity contribution in [3.8, 4) is 0 Å². The number of fused-ring (bicyclic) bond motifs is 2. The van der Waals surface area contributed by atoms with Crippen LogP contribution in [0.3, 0.4) is 0 Å². The summed E-state index contributed by atoms with van der Waals surface area (Å²) in [4.78, 5) is 11.3. The molecular weight excluding hydrogens is 188 g/mol. The van der Waals surface area contributed by atoms with E-state index in [1.807, 2.05) is 0 Å². The van der Waals surface area contributed by atoms with Gasteiger partial charge in [0.15, 0.2) is 0 Å². The number of hydrogen-bond acceptors (Lipinski definition) is 5. The quantitative estimate of drug-likeness (QED) is 0.601. The summed E-state index contributed by atoms with van der Waals surface area (Å²) in [6, 6.07) is 0. The molecular formula is C9H14O5. The molecule has 3 unspecified atom stereocenters. The van der Waals surface area contributed by atoms with Crippen LogP contribution in [0, 0.1) is 5.92 Å². The minimum atomic E-state index is -0.620. The number of hydrogen-bond donors (Lipinski definition) is 1. The first kappa shape index (κ1) is 9.89. The SMILES string of the molecule is COC(=O)C1CC2O[C@@H]1[C@@H](OC)C2O. The minimum Gasteiger partial charge on any atom is -0.469 e. The first-order valence-corrected chi connectivity index (χ1v) is 4.63. The van der Waals surface area contributed by atoms with Crippen molar-refractivity contribution in [3.05, 3.63) is 0 Å². The predicted molar refractivity (Wildman–Crippen MR) is 45.6 cm³/mol. The molecule has 0 aromatic heterocycles. The van der Waals surface area contributed by atoms with E-state index in [0.29, 0.717) is 6.42 Å². The van der Waals surface area contributed by atoms with Crippen molar-refractivity contribution in [2.75, 3.05) is 14.2 Å². The fourth-order valence-corrected chi connectivity index (χ4v) is 2.32. The molecule has 2 aliphatic rings. The maximum absolute atomic E-state index is 11.3. The number of aliphatic hydroxyl groups is 1. The van der Waals surface area contributed by atoms with Crippen LogP contribution in [0.1, 0.15) is 6.42 Å². The molecule has 0 aromatic carbocycles. The Bertz CT molecular complexity index is 241. The van der Waals surface area contributed by atoms with Gasteiger partial charge < -0.3 is 19.3 Å². The number of methoxy groups -OCH3 is 2. The Balaban J connectivity index is 2.11. The van der Waals surface area contributed by atoms with Gasteiger partial charge in [0.2, 0.25) is 0 Å². The largest absolute Gasteiger partial charge is 0.469 e. The van der Waals surface area contributed by atoms with Gasteiger partial charge in [-0.15, -0.1) is 0 Å². The first-order valence-electron chi connectivity index (χ1n) is 4.63. The van der Waals surface area contributed by atoms with Crippen molar-refractivity contribution in [2.24, 2.45) is 5.92 Å². The Morgan fingerprint density at radius 2 is 2.21 bits per heavy atom. The fourth-order valence-electron chi connectivity index (χ4n) is 2.32. The van der Waals surface area contributed by atoms with E-state index >= 15 is 0 Å². The molecule has 0 amide bonds. The molecule has 0 spiro atoms. The molecule has 2 saturated heterocycles. The molecule has 2 aliphatic heterocycles. The van der Waals surface area contributed by atoms with Crippen LogP contribution in [0.2, 0.25) is 0 Å². The third kappa shape index (κ3) is 1.24. The summed E-state index contributed by atoms with van der Waals surface area (Å²) < 4.78 is 15.2. The zero-order valence-corrected chi connectivity index (χ0v) is 8.17. The Labute approximate surface area is 81.9 Å². The van der Waals surface area contributed by atoms with Crippen LogP contribution >= 0.6 is 0 Å². The predicted octanol–water partition coefficient (Wildman–Crippen LogP) is -0.677. The molecule has 0 aromatic rings. The number of aliphatic hydroxyl groups excluding tert-OH is 1. The second-order valence-corrected chi connectivity index (χ2v) is 3.70. The second kappa shape index (κ2) is 3.49. The number of carbonyl (C=O) groups excluding carboxylic acids is 1. The molecule has 1 N–H and O–H groups in total. The van der Waals surface area contributed by atoms with Gasteiger partial charge in [-0.2, -0.15) is 0 Å². The highest BCUT2D eigenvalue weighted by atomic mass is 16.6. The Morgan fingerprint density at radius 1 is 1.50 bits per heavy atom. The molecule has 2 bridgehead atoms. The van der Waals surface area contributed by atoms with Gasteiger partial charge in [-0.1, -0.05) is 0 Å². The normalized spacial score (nSPS) is 45.5. The highest BCUT2D eigenvalue weighted by Gasteiger charge is 2.56. The molecule has 5 heteroatoms. The first-order chi connectivity index (χ1) is 6.69. The van der Waals surface area contributed by atoms with Gasteiger partial charge >= 0.3 is 5.97 Å². The van der Waals surface area contributed by atoms with E-state index in [4.69, 9.17) is 9.47 Å². The van der Waals surface area contributed by atoms with Gasteiger partial charge in [0.25, 0.3) is 0 Å². The smallest absolute Gasteiger partial charge is 0.311 e. The highest BCUT2D eigenvalue weighted by Crippen LogP contribution is 2.40. The number of rotatable bonds is 2. The average Bonchev–Trinajstić information content (AvgIpc) is 2.73. The van der Waals surface area contributed by atoms with Crippen LogP contribution in [0.4, 0.5) is 0 Å². The van der Waals surface area contributed by atoms with Crippen molar-refractivity contribution < 1.29 is 24.1 Å². The third-order valence-electron chi connectivity index (χ3n) is 3.03. The van der Waals surface area contributed by atoms with Crippen LogP contribution in [0.15, 0.2) is 0 Å². The average molecular weight is 202 g/mol. The molecule has 0 radical (unpaired) electrons. The molecule has 0 aliphatic carbocycles. The summed E-state index contributed by atoms with van der Waals surface area (Å²) in [7, 11) is 2.86. The molecule has 5 nitrogen and oxygen atoms in total. The van der Waals surface area contributed by atoms with Crippen molar-refractivity contribution in [1.29, 1.82) is 0 Å². The van der Waals surface area contributed by atoms with Crippen LogP contribution in [-0.4, -0.2) is 49.7 Å². The van der Waals surface area contributed by atoms with E-state index in [2.05, 4.69) is 4.74 Å². The van der Waals surface area contributed by atoms with Crippen LogP contribution in [0.25, 0.3) is 0 Å². The second-order valence-electron chi connectivity index (χ2n) is 3.70. The van der Waals surface area contributed by atoms with Crippen LogP contribution < -0.4 is 0 Å². The topological polar surface area (TPSA) is 65.0 Å². The van der Waals surface area contributed by atoms with Crippen molar-refractivity contribution in [3.63, 3.8) is 0 Å². The highest BCUT2D eigenvalue weighted by molar-refractivity contribution is 5.73. The lowest BCUT2D eigenvalue weighted by Gasteiger charge is -2.27. The molecule has 5 atom stereocenters. The van der Waals surface area contributed by atoms with Crippen LogP contribution in [-0.2, 0) is 19.0 Å². The zero-order valence-electron chi connectivity index (χ0n) is 8.17. The van der Waals surface area contributed by atoms with Crippen LogP contribution in [0.5, 0.6) is 0 Å². The fraction of sp³-hybridized carbons (Fsp3) is 0.889. The van der Waals surface area contributed by atoms with Gasteiger partial charge in [-0.3, -0.25) is 4.79 Å². The summed E-state index contributed by atoms with van der Waals surface area (Å²) >= 11 is 0. The van der Waals surface area contributed by atoms with Crippen molar-refractivity contribution in [2.45, 2.75) is 30.8 Å². The lowest BCUT2D eigenvalue weighted by Crippen LogP contribution is -2.45. The number of ether oxygens (including phenoxy) is 3. The molecule has 2 heterocycles. The summed E-state index contributed by atoms with van der Waals surface area (Å²) in [6.07, 6.45) is -1.14. The number of carbonyl (C=O) groups is 1. The molecule has 2 fully saturated rings. The monoisotopic (exact) mass is 202 g/mol. The Kier molecular flexibility index (Phi) is 2.47. The van der Waals surface area contributed by atoms with Gasteiger partial charge in [0.1, 0.15) is 18.3 Å². The number of esters is 1. The van der Waals surface area contributed by atoms with Gasteiger partial charge in [0, 0.05) is 7.11 Å². The summed E-state index contributed by atoms with van der Waals surface area (Å²) in [5, 5.41) is 9.65. The third-order valence-corrected chi connectivity index (χ3v) is 3.03. The molecule has 2 rings (SSSR count). The lowest BCUT2D eigenvalue weighted by molar-refractivity contribution is -0.150. The summed E-state index contributed by atoms with van der Waals surface area (Å²) in [5.74, 6) is -0.579. The van der Waals surface area contributed by atoms with Crippen molar-refractivity contribution >= 4 is 5.97 Å². The summed E-state index contributed by atoms with van der Waals surface area (Å²) in [5.41, 5.74) is 0. The molecule has 80 valence electrons. The standard InChI is InChI=1S/C9H14O5/c1-12-8-6(10)5-3-4(7(8)14-5)9(11)13-2/h4-8,10H,3H2,1-2H3/t4?,5?,6?,7-,8-/m0/s1. The zero-order chi connectivity index (χ0) is 10.3.